The van der Waals surface area contributed by atoms with Crippen molar-refractivity contribution < 1.29 is 4.39 Å². The van der Waals surface area contributed by atoms with Gasteiger partial charge in [-0.05, 0) is 67.7 Å². The van der Waals surface area contributed by atoms with E-state index in [1.807, 2.05) is 18.2 Å². The van der Waals surface area contributed by atoms with E-state index >= 15 is 0 Å². The molecule has 3 heterocycles. The van der Waals surface area contributed by atoms with Gasteiger partial charge in [0, 0.05) is 16.5 Å². The summed E-state index contributed by atoms with van der Waals surface area (Å²) in [6.07, 6.45) is 4.50. The third kappa shape index (κ3) is 3.03. The van der Waals surface area contributed by atoms with Gasteiger partial charge in [-0.15, -0.1) is 11.3 Å². The molecule has 5 heteroatoms. The van der Waals surface area contributed by atoms with Gasteiger partial charge in [0.1, 0.15) is 5.82 Å². The molecule has 3 aromatic rings. The molecule has 120 valence electrons. The molecule has 0 bridgehead atoms. The smallest absolute Gasteiger partial charge is 0.125 e. The molecule has 1 aliphatic rings. The quantitative estimate of drug-likeness (QED) is 0.704. The number of nitrogens with zero attached hydrogens (tertiary/aromatic N) is 1. The molecule has 23 heavy (non-hydrogen) atoms. The second kappa shape index (κ2) is 6.27. The summed E-state index contributed by atoms with van der Waals surface area (Å²) in [5, 5.41) is 4.59. The number of benzene rings is 1. The van der Waals surface area contributed by atoms with Crippen molar-refractivity contribution in [2.75, 3.05) is 13.1 Å². The van der Waals surface area contributed by atoms with Crippen molar-refractivity contribution >= 4 is 33.8 Å². The van der Waals surface area contributed by atoms with Crippen LogP contribution in [0.1, 0.15) is 29.2 Å². The largest absolute Gasteiger partial charge is 0.342 e. The maximum Gasteiger partial charge on any atom is 0.125 e. The Morgan fingerprint density at radius 3 is 2.78 bits per heavy atom. The predicted octanol–water partition coefficient (Wildman–Crippen LogP) is 5.01. The predicted molar refractivity (Wildman–Crippen MR) is 95.2 cm³/mol. The fraction of sp³-hybridized carbons (Fsp3) is 0.333. The number of halogens is 2. The van der Waals surface area contributed by atoms with Gasteiger partial charge < -0.3 is 9.88 Å². The van der Waals surface area contributed by atoms with E-state index in [0.717, 1.165) is 42.3 Å². The first-order valence-electron chi connectivity index (χ1n) is 7.94. The minimum Gasteiger partial charge on any atom is -0.342 e. The van der Waals surface area contributed by atoms with Crippen molar-refractivity contribution in [3.8, 4) is 0 Å². The van der Waals surface area contributed by atoms with Crippen LogP contribution in [0.15, 0.2) is 36.5 Å². The molecule has 2 aromatic heterocycles. The first-order chi connectivity index (χ1) is 11.2. The lowest BCUT2D eigenvalue weighted by Gasteiger charge is -2.22. The Balaban J connectivity index is 1.78. The topological polar surface area (TPSA) is 17.0 Å². The SMILES string of the molecule is Fc1ccc2c(C3CCNCC3)cn(Cc3ccc(Cl)s3)c2c1. The highest BCUT2D eigenvalue weighted by molar-refractivity contribution is 7.16. The molecule has 0 saturated carbocycles. The number of hydrogen-bond donors (Lipinski definition) is 1. The summed E-state index contributed by atoms with van der Waals surface area (Å²) in [5.74, 6) is 0.371. The van der Waals surface area contributed by atoms with Gasteiger partial charge in [-0.3, -0.25) is 0 Å². The second-order valence-electron chi connectivity index (χ2n) is 6.10. The van der Waals surface area contributed by atoms with Gasteiger partial charge in [0.15, 0.2) is 0 Å². The molecule has 0 aliphatic carbocycles. The number of nitrogens with one attached hydrogen (secondary N) is 1. The van der Waals surface area contributed by atoms with E-state index in [1.165, 1.54) is 15.8 Å². The van der Waals surface area contributed by atoms with Crippen LogP contribution in [0.2, 0.25) is 4.34 Å². The van der Waals surface area contributed by atoms with Crippen LogP contribution in [0.4, 0.5) is 4.39 Å². The number of piperidine rings is 1. The molecule has 1 N–H and O–H groups in total. The van der Waals surface area contributed by atoms with Gasteiger partial charge in [-0.2, -0.15) is 0 Å². The summed E-state index contributed by atoms with van der Waals surface area (Å²) in [6.45, 7) is 2.85. The zero-order valence-corrected chi connectivity index (χ0v) is 14.3. The van der Waals surface area contributed by atoms with Crippen LogP contribution in [-0.4, -0.2) is 17.7 Å². The lowest BCUT2D eigenvalue weighted by Crippen LogP contribution is -2.26. The fourth-order valence-corrected chi connectivity index (χ4v) is 4.57. The summed E-state index contributed by atoms with van der Waals surface area (Å²) < 4.78 is 16.7. The molecule has 2 nitrogen and oxygen atoms in total. The molecule has 1 aromatic carbocycles. The lowest BCUT2D eigenvalue weighted by atomic mass is 9.90. The minimum atomic E-state index is -0.182. The molecule has 1 aliphatic heterocycles. The van der Waals surface area contributed by atoms with Crippen molar-refractivity contribution in [2.24, 2.45) is 0 Å². The number of fused-ring (bicyclic) bond motifs is 1. The maximum absolute atomic E-state index is 13.8. The molecule has 1 saturated heterocycles. The zero-order chi connectivity index (χ0) is 15.8. The molecule has 0 spiro atoms. The Kier molecular flexibility index (Phi) is 4.14. The van der Waals surface area contributed by atoms with Crippen molar-refractivity contribution in [2.45, 2.75) is 25.3 Å². The second-order valence-corrected chi connectivity index (χ2v) is 7.90. The highest BCUT2D eigenvalue weighted by Gasteiger charge is 2.20. The summed E-state index contributed by atoms with van der Waals surface area (Å²) in [4.78, 5) is 1.19. The van der Waals surface area contributed by atoms with Crippen molar-refractivity contribution in [1.82, 2.24) is 9.88 Å². The van der Waals surface area contributed by atoms with Gasteiger partial charge in [0.25, 0.3) is 0 Å². The Morgan fingerprint density at radius 2 is 2.04 bits per heavy atom. The first-order valence-corrected chi connectivity index (χ1v) is 9.13. The third-order valence-electron chi connectivity index (χ3n) is 4.61. The monoisotopic (exact) mass is 348 g/mol. The molecule has 0 amide bonds. The Bertz CT molecular complexity index is 833. The molecular weight excluding hydrogens is 331 g/mol. The van der Waals surface area contributed by atoms with Gasteiger partial charge in [-0.1, -0.05) is 11.6 Å². The van der Waals surface area contributed by atoms with Crippen LogP contribution < -0.4 is 5.32 Å². The van der Waals surface area contributed by atoms with E-state index in [2.05, 4.69) is 16.1 Å². The highest BCUT2D eigenvalue weighted by atomic mass is 35.5. The molecule has 0 atom stereocenters. The highest BCUT2D eigenvalue weighted by Crippen LogP contribution is 2.34. The molecule has 4 rings (SSSR count). The van der Waals surface area contributed by atoms with Crippen molar-refractivity contribution in [1.29, 1.82) is 0 Å². The standard InChI is InChI=1S/C18H18ClFN2S/c19-18-4-2-14(23-18)10-22-11-16(12-5-7-21-8-6-12)15-3-1-13(20)9-17(15)22/h1-4,9,11-12,21H,5-8,10H2. The average molecular weight is 349 g/mol. The van der Waals surface area contributed by atoms with Gasteiger partial charge in [-0.25, -0.2) is 4.39 Å². The third-order valence-corrected chi connectivity index (χ3v) is 5.83. The zero-order valence-electron chi connectivity index (χ0n) is 12.7. The van der Waals surface area contributed by atoms with Crippen LogP contribution in [0, 0.1) is 5.82 Å². The molecule has 0 unspecified atom stereocenters. The average Bonchev–Trinajstić information content (AvgIpc) is 3.12. The van der Waals surface area contributed by atoms with Crippen LogP contribution in [-0.2, 0) is 6.54 Å². The van der Waals surface area contributed by atoms with E-state index in [1.54, 1.807) is 23.5 Å². The summed E-state index contributed by atoms with van der Waals surface area (Å²) >= 11 is 7.62. The number of rotatable bonds is 3. The molecular formula is C18H18ClFN2S. The van der Waals surface area contributed by atoms with Gasteiger partial charge >= 0.3 is 0 Å². The van der Waals surface area contributed by atoms with Crippen LogP contribution in [0.5, 0.6) is 0 Å². The van der Waals surface area contributed by atoms with Crippen LogP contribution in [0.3, 0.4) is 0 Å². The van der Waals surface area contributed by atoms with E-state index in [4.69, 9.17) is 11.6 Å². The van der Waals surface area contributed by atoms with Gasteiger partial charge in [0.05, 0.1) is 16.4 Å². The van der Waals surface area contributed by atoms with E-state index in [-0.39, 0.29) is 5.82 Å². The van der Waals surface area contributed by atoms with Crippen molar-refractivity contribution in [3.63, 3.8) is 0 Å². The summed E-state index contributed by atoms with van der Waals surface area (Å²) in [5.41, 5.74) is 2.33. The van der Waals surface area contributed by atoms with E-state index in [0.29, 0.717) is 5.92 Å². The fourth-order valence-electron chi connectivity index (χ4n) is 3.49. The summed E-state index contributed by atoms with van der Waals surface area (Å²) in [6, 6.07) is 9.11. The molecule has 1 fully saturated rings. The minimum absolute atomic E-state index is 0.182. The maximum atomic E-state index is 13.8. The van der Waals surface area contributed by atoms with Crippen molar-refractivity contribution in [3.05, 3.63) is 57.1 Å². The summed E-state index contributed by atoms with van der Waals surface area (Å²) in [7, 11) is 0. The van der Waals surface area contributed by atoms with E-state index < -0.39 is 0 Å². The van der Waals surface area contributed by atoms with Crippen LogP contribution >= 0.6 is 22.9 Å². The Hall–Kier alpha value is -1.36. The number of aromatic nitrogens is 1. The first kappa shape index (κ1) is 15.2. The normalized spacial score (nSPS) is 16.3. The number of thiophene rings is 1. The van der Waals surface area contributed by atoms with E-state index in [9.17, 15) is 4.39 Å². The molecule has 0 radical (unpaired) electrons. The lowest BCUT2D eigenvalue weighted by molar-refractivity contribution is 0.461. The Labute approximate surface area is 143 Å². The van der Waals surface area contributed by atoms with Gasteiger partial charge in [0.2, 0.25) is 0 Å². The Morgan fingerprint density at radius 1 is 1.22 bits per heavy atom. The number of hydrogen-bond acceptors (Lipinski definition) is 2. The van der Waals surface area contributed by atoms with Crippen LogP contribution in [0.25, 0.3) is 10.9 Å².